The van der Waals surface area contributed by atoms with Gasteiger partial charge in [-0.1, -0.05) is 0 Å². The van der Waals surface area contributed by atoms with Crippen molar-refractivity contribution < 1.29 is 25.1 Å². The molecule has 0 spiro atoms. The Morgan fingerprint density at radius 3 is 2.53 bits per heavy atom. The number of quaternary nitrogens is 1. The Balaban J connectivity index is 2.80. The van der Waals surface area contributed by atoms with Crippen molar-refractivity contribution in [3.8, 4) is 11.5 Å². The third kappa shape index (κ3) is 3.64. The molecule has 0 radical (unpaired) electrons. The lowest BCUT2D eigenvalue weighted by molar-refractivity contribution is -0.428. The van der Waals surface area contributed by atoms with Crippen molar-refractivity contribution in [2.45, 2.75) is 18.9 Å². The Labute approximate surface area is 100 Å². The molecule has 1 rings (SSSR count). The van der Waals surface area contributed by atoms with Gasteiger partial charge in [0.1, 0.15) is 6.04 Å². The average Bonchev–Trinajstić information content (AvgIpc) is 2.34. The van der Waals surface area contributed by atoms with Crippen molar-refractivity contribution in [2.75, 3.05) is 14.2 Å². The van der Waals surface area contributed by atoms with E-state index in [9.17, 15) is 9.90 Å². The van der Waals surface area contributed by atoms with Crippen LogP contribution in [0.3, 0.4) is 0 Å². The van der Waals surface area contributed by atoms with Crippen molar-refractivity contribution in [3.63, 3.8) is 0 Å². The maximum Gasteiger partial charge on any atom is 0.161 e. The SMILES string of the molecule is COc1ccc([C@@H]([NH3+])CCC(=O)[O-])cc1OC. The van der Waals surface area contributed by atoms with E-state index in [1.54, 1.807) is 20.3 Å². The molecule has 0 saturated heterocycles. The van der Waals surface area contributed by atoms with Gasteiger partial charge in [-0.05, 0) is 24.6 Å². The predicted octanol–water partition coefficient (Wildman–Crippen LogP) is -0.483. The summed E-state index contributed by atoms with van der Waals surface area (Å²) in [5.41, 5.74) is 4.84. The molecule has 5 heteroatoms. The molecular formula is C12H17NO4. The Kier molecular flexibility index (Phi) is 4.78. The molecule has 0 amide bonds. The summed E-state index contributed by atoms with van der Waals surface area (Å²) in [5.74, 6) is 0.203. The van der Waals surface area contributed by atoms with Gasteiger partial charge in [0.2, 0.25) is 0 Å². The van der Waals surface area contributed by atoms with Crippen LogP contribution in [0.2, 0.25) is 0 Å². The van der Waals surface area contributed by atoms with Crippen LogP contribution in [0.25, 0.3) is 0 Å². The monoisotopic (exact) mass is 239 g/mol. The molecule has 0 unspecified atom stereocenters. The van der Waals surface area contributed by atoms with E-state index in [0.717, 1.165) is 5.56 Å². The van der Waals surface area contributed by atoms with Crippen LogP contribution in [0.4, 0.5) is 0 Å². The first kappa shape index (κ1) is 13.3. The van der Waals surface area contributed by atoms with Crippen molar-refractivity contribution in [1.29, 1.82) is 0 Å². The molecule has 0 aliphatic rings. The predicted molar refractivity (Wildman–Crippen MR) is 59.4 cm³/mol. The Morgan fingerprint density at radius 2 is 2.00 bits per heavy atom. The normalized spacial score (nSPS) is 11.9. The van der Waals surface area contributed by atoms with Gasteiger partial charge in [-0.2, -0.15) is 0 Å². The first-order valence-electron chi connectivity index (χ1n) is 5.33. The fraction of sp³-hybridized carbons (Fsp3) is 0.417. The zero-order valence-electron chi connectivity index (χ0n) is 10.1. The van der Waals surface area contributed by atoms with Crippen molar-refractivity contribution in [3.05, 3.63) is 23.8 Å². The van der Waals surface area contributed by atoms with Crippen molar-refractivity contribution >= 4 is 5.97 Å². The number of aliphatic carboxylic acids is 1. The highest BCUT2D eigenvalue weighted by molar-refractivity contribution is 5.64. The molecule has 17 heavy (non-hydrogen) atoms. The number of carboxylic acid groups (broad SMARTS) is 1. The van der Waals surface area contributed by atoms with Gasteiger partial charge in [0.15, 0.2) is 11.5 Å². The van der Waals surface area contributed by atoms with E-state index in [2.05, 4.69) is 5.73 Å². The summed E-state index contributed by atoms with van der Waals surface area (Å²) >= 11 is 0. The second kappa shape index (κ2) is 6.10. The second-order valence-corrected chi connectivity index (χ2v) is 3.72. The number of carbonyl (C=O) groups excluding carboxylic acids is 1. The van der Waals surface area contributed by atoms with E-state index < -0.39 is 5.97 Å². The van der Waals surface area contributed by atoms with Crippen LogP contribution >= 0.6 is 0 Å². The lowest BCUT2D eigenvalue weighted by atomic mass is 10.0. The number of benzene rings is 1. The van der Waals surface area contributed by atoms with Crippen molar-refractivity contribution in [2.24, 2.45) is 0 Å². The minimum Gasteiger partial charge on any atom is -0.550 e. The van der Waals surface area contributed by atoms with Crippen LogP contribution in [-0.2, 0) is 4.79 Å². The number of carbonyl (C=O) groups is 1. The number of ether oxygens (including phenoxy) is 2. The molecule has 94 valence electrons. The van der Waals surface area contributed by atoms with Gasteiger partial charge >= 0.3 is 0 Å². The maximum absolute atomic E-state index is 10.4. The fourth-order valence-corrected chi connectivity index (χ4v) is 1.57. The number of methoxy groups -OCH3 is 2. The standard InChI is InChI=1S/C12H17NO4/c1-16-10-5-3-8(7-11(10)17-2)9(13)4-6-12(14)15/h3,5,7,9H,4,6,13H2,1-2H3,(H,14,15)/t9-/m0/s1. The van der Waals surface area contributed by atoms with Gasteiger partial charge in [-0.25, -0.2) is 0 Å². The molecule has 0 aromatic heterocycles. The number of carboxylic acids is 1. The molecule has 0 aliphatic heterocycles. The minimum atomic E-state index is -1.06. The van der Waals surface area contributed by atoms with Crippen LogP contribution in [0.15, 0.2) is 18.2 Å². The quantitative estimate of drug-likeness (QED) is 0.726. The van der Waals surface area contributed by atoms with E-state index in [0.29, 0.717) is 17.9 Å². The zero-order valence-corrected chi connectivity index (χ0v) is 10.1. The van der Waals surface area contributed by atoms with E-state index >= 15 is 0 Å². The summed E-state index contributed by atoms with van der Waals surface area (Å²) < 4.78 is 10.3. The Bertz CT molecular complexity index is 392. The van der Waals surface area contributed by atoms with Crippen LogP contribution in [0.5, 0.6) is 11.5 Å². The first-order chi connectivity index (χ1) is 8.08. The third-order valence-electron chi connectivity index (χ3n) is 2.58. The lowest BCUT2D eigenvalue weighted by Crippen LogP contribution is -2.53. The van der Waals surface area contributed by atoms with Gasteiger partial charge in [-0.3, -0.25) is 0 Å². The van der Waals surface area contributed by atoms with E-state index in [4.69, 9.17) is 9.47 Å². The molecule has 1 aromatic carbocycles. The average molecular weight is 239 g/mol. The molecule has 0 bridgehead atoms. The number of hydrogen-bond acceptors (Lipinski definition) is 4. The fourth-order valence-electron chi connectivity index (χ4n) is 1.57. The van der Waals surface area contributed by atoms with E-state index in [1.807, 2.05) is 12.1 Å². The summed E-state index contributed by atoms with van der Waals surface area (Å²) in [6.45, 7) is 0. The molecule has 3 N–H and O–H groups in total. The number of hydrogen-bond donors (Lipinski definition) is 1. The summed E-state index contributed by atoms with van der Waals surface area (Å²) in [6.07, 6.45) is 0.445. The van der Waals surface area contributed by atoms with Crippen LogP contribution in [0.1, 0.15) is 24.4 Å². The van der Waals surface area contributed by atoms with Gasteiger partial charge in [0, 0.05) is 18.0 Å². The number of rotatable bonds is 6. The first-order valence-corrected chi connectivity index (χ1v) is 5.33. The van der Waals surface area contributed by atoms with Gasteiger partial charge in [0.25, 0.3) is 0 Å². The zero-order chi connectivity index (χ0) is 12.8. The van der Waals surface area contributed by atoms with Crippen LogP contribution in [-0.4, -0.2) is 20.2 Å². The van der Waals surface area contributed by atoms with Crippen LogP contribution < -0.4 is 20.3 Å². The largest absolute Gasteiger partial charge is 0.550 e. The minimum absolute atomic E-state index is 0.00249. The van der Waals surface area contributed by atoms with E-state index in [-0.39, 0.29) is 12.5 Å². The smallest absolute Gasteiger partial charge is 0.161 e. The molecule has 0 saturated carbocycles. The van der Waals surface area contributed by atoms with Crippen molar-refractivity contribution in [1.82, 2.24) is 0 Å². The van der Waals surface area contributed by atoms with E-state index in [1.165, 1.54) is 0 Å². The highest BCUT2D eigenvalue weighted by atomic mass is 16.5. The lowest BCUT2D eigenvalue weighted by Gasteiger charge is -2.13. The molecule has 5 nitrogen and oxygen atoms in total. The van der Waals surface area contributed by atoms with Gasteiger partial charge < -0.3 is 25.1 Å². The summed E-state index contributed by atoms with van der Waals surface area (Å²) in [6, 6.07) is 5.35. The van der Waals surface area contributed by atoms with Crippen LogP contribution in [0, 0.1) is 0 Å². The highest BCUT2D eigenvalue weighted by Crippen LogP contribution is 2.29. The molecular weight excluding hydrogens is 222 g/mol. The molecule has 1 atom stereocenters. The third-order valence-corrected chi connectivity index (χ3v) is 2.58. The Hall–Kier alpha value is -1.75. The second-order valence-electron chi connectivity index (χ2n) is 3.72. The summed E-state index contributed by atoms with van der Waals surface area (Å²) in [7, 11) is 3.12. The molecule has 0 heterocycles. The highest BCUT2D eigenvalue weighted by Gasteiger charge is 2.13. The molecule has 0 fully saturated rings. The summed E-state index contributed by atoms with van der Waals surface area (Å²) in [5, 5.41) is 10.4. The topological polar surface area (TPSA) is 86.2 Å². The van der Waals surface area contributed by atoms with Gasteiger partial charge in [0.05, 0.1) is 14.2 Å². The Morgan fingerprint density at radius 1 is 1.35 bits per heavy atom. The summed E-state index contributed by atoms with van der Waals surface area (Å²) in [4.78, 5) is 10.4. The molecule has 1 aromatic rings. The molecule has 0 aliphatic carbocycles. The maximum atomic E-state index is 10.4. The van der Waals surface area contributed by atoms with Gasteiger partial charge in [-0.15, -0.1) is 0 Å².